The van der Waals surface area contributed by atoms with E-state index < -0.39 is 15.6 Å². The maximum absolute atomic E-state index is 12.4. The first-order chi connectivity index (χ1) is 12.6. The van der Waals surface area contributed by atoms with Crippen LogP contribution in [0.1, 0.15) is 25.0 Å². The quantitative estimate of drug-likeness (QED) is 0.749. The van der Waals surface area contributed by atoms with E-state index in [1.165, 1.54) is 12.1 Å². The molecule has 0 aliphatic heterocycles. The molecule has 0 heterocycles. The van der Waals surface area contributed by atoms with Crippen molar-refractivity contribution in [2.75, 3.05) is 6.54 Å². The Kier molecular flexibility index (Phi) is 6.20. The van der Waals surface area contributed by atoms with Crippen molar-refractivity contribution in [2.24, 2.45) is 5.14 Å². The number of nitrogens with one attached hydrogen (secondary N) is 1. The predicted octanol–water partition coefficient (Wildman–Crippen LogP) is 1.72. The summed E-state index contributed by atoms with van der Waals surface area (Å²) < 4.78 is 28.2. The van der Waals surface area contributed by atoms with Gasteiger partial charge in [-0.05, 0) is 62.2 Å². The molecule has 0 spiro atoms. The summed E-state index contributed by atoms with van der Waals surface area (Å²) in [6, 6.07) is 14.7. The van der Waals surface area contributed by atoms with Gasteiger partial charge in [-0.2, -0.15) is 5.26 Å². The van der Waals surface area contributed by atoms with Crippen LogP contribution in [0, 0.1) is 11.3 Å². The second-order valence-corrected chi connectivity index (χ2v) is 8.00. The summed E-state index contributed by atoms with van der Waals surface area (Å²) in [5.41, 5.74) is 0.289. The van der Waals surface area contributed by atoms with E-state index in [9.17, 15) is 13.2 Å². The Morgan fingerprint density at radius 3 is 2.26 bits per heavy atom. The molecule has 7 nitrogen and oxygen atoms in total. The summed E-state index contributed by atoms with van der Waals surface area (Å²) in [7, 11) is -3.71. The third-order valence-electron chi connectivity index (χ3n) is 3.85. The maximum Gasteiger partial charge on any atom is 0.263 e. The van der Waals surface area contributed by atoms with Gasteiger partial charge in [0.25, 0.3) is 5.91 Å². The van der Waals surface area contributed by atoms with E-state index in [1.807, 2.05) is 6.07 Å². The molecule has 0 aromatic heterocycles. The number of hydrogen-bond donors (Lipinski definition) is 2. The fourth-order valence-electron chi connectivity index (χ4n) is 2.32. The van der Waals surface area contributed by atoms with E-state index in [0.29, 0.717) is 24.3 Å². The molecule has 0 saturated carbocycles. The van der Waals surface area contributed by atoms with Crippen LogP contribution in [0.5, 0.6) is 5.75 Å². The number of carbonyl (C=O) groups is 1. The monoisotopic (exact) mass is 387 g/mol. The van der Waals surface area contributed by atoms with Gasteiger partial charge in [0, 0.05) is 6.54 Å². The SMILES string of the molecule is CC(C)(Oc1ccc(C#N)cc1)C(=O)NCCc1ccc(S(N)(=O)=O)cc1. The second kappa shape index (κ2) is 8.20. The highest BCUT2D eigenvalue weighted by atomic mass is 32.2. The van der Waals surface area contributed by atoms with Crippen LogP contribution >= 0.6 is 0 Å². The number of nitrogens with two attached hydrogens (primary N) is 1. The molecule has 2 rings (SSSR count). The maximum atomic E-state index is 12.4. The number of sulfonamides is 1. The van der Waals surface area contributed by atoms with Crippen LogP contribution in [0.2, 0.25) is 0 Å². The standard InChI is InChI=1S/C19H21N3O4S/c1-19(2,26-16-7-3-15(13-20)4-8-16)18(23)22-12-11-14-5-9-17(10-6-14)27(21,24)25/h3-10H,11-12H2,1-2H3,(H,22,23)(H2,21,24,25). The molecule has 8 heteroatoms. The normalized spacial score (nSPS) is 11.5. The third-order valence-corrected chi connectivity index (χ3v) is 4.78. The lowest BCUT2D eigenvalue weighted by Crippen LogP contribution is -2.47. The van der Waals surface area contributed by atoms with Gasteiger partial charge in [-0.25, -0.2) is 13.6 Å². The number of amides is 1. The van der Waals surface area contributed by atoms with Crippen molar-refractivity contribution < 1.29 is 17.9 Å². The molecular formula is C19H21N3O4S. The van der Waals surface area contributed by atoms with E-state index in [2.05, 4.69) is 5.32 Å². The van der Waals surface area contributed by atoms with Crippen LogP contribution in [-0.4, -0.2) is 26.5 Å². The third kappa shape index (κ3) is 5.81. The Labute approximate surface area is 158 Å². The van der Waals surface area contributed by atoms with Gasteiger partial charge >= 0.3 is 0 Å². The number of rotatable bonds is 7. The largest absolute Gasteiger partial charge is 0.478 e. The van der Waals surface area contributed by atoms with E-state index in [0.717, 1.165) is 5.56 Å². The van der Waals surface area contributed by atoms with E-state index in [4.69, 9.17) is 15.1 Å². The fraction of sp³-hybridized carbons (Fsp3) is 0.263. The van der Waals surface area contributed by atoms with Gasteiger partial charge in [0.05, 0.1) is 16.5 Å². The molecule has 0 bridgehead atoms. The molecule has 27 heavy (non-hydrogen) atoms. The van der Waals surface area contributed by atoms with Crippen molar-refractivity contribution in [3.8, 4) is 11.8 Å². The van der Waals surface area contributed by atoms with Crippen molar-refractivity contribution in [3.63, 3.8) is 0 Å². The molecule has 0 radical (unpaired) electrons. The van der Waals surface area contributed by atoms with Crippen molar-refractivity contribution in [2.45, 2.75) is 30.8 Å². The second-order valence-electron chi connectivity index (χ2n) is 6.44. The van der Waals surface area contributed by atoms with Crippen LogP contribution in [0.3, 0.4) is 0 Å². The van der Waals surface area contributed by atoms with Crippen LogP contribution in [-0.2, 0) is 21.2 Å². The van der Waals surface area contributed by atoms with Gasteiger partial charge < -0.3 is 10.1 Å². The number of carbonyl (C=O) groups excluding carboxylic acids is 1. The lowest BCUT2D eigenvalue weighted by molar-refractivity contribution is -0.134. The smallest absolute Gasteiger partial charge is 0.263 e. The Hall–Kier alpha value is -2.89. The summed E-state index contributed by atoms with van der Waals surface area (Å²) >= 11 is 0. The average molecular weight is 387 g/mol. The highest BCUT2D eigenvalue weighted by Crippen LogP contribution is 2.19. The van der Waals surface area contributed by atoms with Gasteiger partial charge in [0.2, 0.25) is 10.0 Å². The predicted molar refractivity (Wildman–Crippen MR) is 100 cm³/mol. The minimum absolute atomic E-state index is 0.0484. The average Bonchev–Trinajstić information content (AvgIpc) is 2.61. The molecule has 0 atom stereocenters. The molecule has 0 unspecified atom stereocenters. The van der Waals surface area contributed by atoms with Gasteiger partial charge in [-0.15, -0.1) is 0 Å². The Morgan fingerprint density at radius 1 is 1.15 bits per heavy atom. The molecular weight excluding hydrogens is 366 g/mol. The highest BCUT2D eigenvalue weighted by Gasteiger charge is 2.29. The van der Waals surface area contributed by atoms with Crippen LogP contribution in [0.15, 0.2) is 53.4 Å². The minimum atomic E-state index is -3.71. The Balaban J connectivity index is 1.89. The van der Waals surface area contributed by atoms with Crippen molar-refractivity contribution >= 4 is 15.9 Å². The molecule has 0 saturated heterocycles. The van der Waals surface area contributed by atoms with Gasteiger partial charge in [0.1, 0.15) is 5.75 Å². The molecule has 0 aliphatic rings. The number of benzene rings is 2. The molecule has 1 amide bonds. The van der Waals surface area contributed by atoms with Gasteiger partial charge in [-0.3, -0.25) is 4.79 Å². The summed E-state index contributed by atoms with van der Waals surface area (Å²) in [6.45, 7) is 3.68. The van der Waals surface area contributed by atoms with E-state index in [-0.39, 0.29) is 10.8 Å². The zero-order chi connectivity index (χ0) is 20.1. The zero-order valence-electron chi connectivity index (χ0n) is 15.1. The molecule has 2 aromatic rings. The number of nitrogens with zero attached hydrogens (tertiary/aromatic N) is 1. The first-order valence-corrected chi connectivity index (χ1v) is 9.76. The topological polar surface area (TPSA) is 122 Å². The number of hydrogen-bond acceptors (Lipinski definition) is 5. The summed E-state index contributed by atoms with van der Waals surface area (Å²) in [5, 5.41) is 16.7. The number of ether oxygens (including phenoxy) is 1. The molecule has 3 N–H and O–H groups in total. The fourth-order valence-corrected chi connectivity index (χ4v) is 2.83. The molecule has 0 aliphatic carbocycles. The highest BCUT2D eigenvalue weighted by molar-refractivity contribution is 7.89. The summed E-state index contributed by atoms with van der Waals surface area (Å²) in [6.07, 6.45) is 0.531. The number of primary sulfonamides is 1. The Morgan fingerprint density at radius 2 is 1.74 bits per heavy atom. The number of nitriles is 1. The van der Waals surface area contributed by atoms with Crippen LogP contribution in [0.25, 0.3) is 0 Å². The van der Waals surface area contributed by atoms with Gasteiger partial charge in [-0.1, -0.05) is 12.1 Å². The lowest BCUT2D eigenvalue weighted by atomic mass is 10.1. The molecule has 2 aromatic carbocycles. The van der Waals surface area contributed by atoms with Crippen molar-refractivity contribution in [1.82, 2.24) is 5.32 Å². The summed E-state index contributed by atoms with van der Waals surface area (Å²) in [4.78, 5) is 12.4. The van der Waals surface area contributed by atoms with Crippen molar-refractivity contribution in [3.05, 3.63) is 59.7 Å². The minimum Gasteiger partial charge on any atom is -0.478 e. The van der Waals surface area contributed by atoms with Crippen molar-refractivity contribution in [1.29, 1.82) is 5.26 Å². The zero-order valence-corrected chi connectivity index (χ0v) is 15.9. The van der Waals surface area contributed by atoms with E-state index >= 15 is 0 Å². The van der Waals surface area contributed by atoms with E-state index in [1.54, 1.807) is 50.2 Å². The Bertz CT molecular complexity index is 944. The summed E-state index contributed by atoms with van der Waals surface area (Å²) in [5.74, 6) is 0.209. The first-order valence-electron chi connectivity index (χ1n) is 8.21. The molecule has 142 valence electrons. The lowest BCUT2D eigenvalue weighted by Gasteiger charge is -2.25. The first kappa shape index (κ1) is 20.4. The molecule has 0 fully saturated rings. The van der Waals surface area contributed by atoms with Crippen LogP contribution < -0.4 is 15.2 Å². The van der Waals surface area contributed by atoms with Crippen LogP contribution in [0.4, 0.5) is 0 Å². The van der Waals surface area contributed by atoms with Gasteiger partial charge in [0.15, 0.2) is 5.60 Å².